The van der Waals surface area contributed by atoms with Crippen molar-refractivity contribution in [3.05, 3.63) is 11.8 Å². The van der Waals surface area contributed by atoms with Crippen LogP contribution in [-0.4, -0.2) is 12.8 Å². The maximum Gasteiger partial charge on any atom is 0.0594 e. The number of nitrogens with two attached hydrogens (primary N) is 1. The lowest BCUT2D eigenvalue weighted by Gasteiger charge is -1.72. The first-order chi connectivity index (χ1) is 2.89. The molecular weight excluding hydrogens is 76.1 g/mol. The van der Waals surface area contributed by atoms with Crippen molar-refractivity contribution in [2.75, 3.05) is 6.54 Å². The molecule has 2 N–H and O–H groups in total. The summed E-state index contributed by atoms with van der Waals surface area (Å²) in [6.45, 7) is 0.770. The number of rotatable bonds is 0. The fourth-order valence-corrected chi connectivity index (χ4v) is 0.369. The molecule has 0 saturated carbocycles. The fraction of sp³-hybridized carbons (Fsp3) is 0.250. The number of allylic oxidation sites excluding steroid dienone is 1. The third kappa shape index (κ3) is 0.407. The van der Waals surface area contributed by atoms with Gasteiger partial charge in [-0.05, 0) is 6.08 Å². The third-order valence-corrected chi connectivity index (χ3v) is 0.673. The van der Waals surface area contributed by atoms with Crippen LogP contribution in [0.4, 0.5) is 0 Å². The quantitative estimate of drug-likeness (QED) is 0.436. The van der Waals surface area contributed by atoms with Gasteiger partial charge in [-0.2, -0.15) is 0 Å². The fourth-order valence-electron chi connectivity index (χ4n) is 0.369. The molecular formula is C4H6N2. The Hall–Kier alpha value is -0.790. The molecule has 2 nitrogen and oxygen atoms in total. The summed E-state index contributed by atoms with van der Waals surface area (Å²) in [5.41, 5.74) is 6.03. The molecule has 1 aliphatic rings. The van der Waals surface area contributed by atoms with Gasteiger partial charge in [-0.1, -0.05) is 0 Å². The van der Waals surface area contributed by atoms with Crippen LogP contribution in [0.3, 0.4) is 0 Å². The minimum atomic E-state index is 0.770. The normalized spacial score (nSPS) is 18.3. The summed E-state index contributed by atoms with van der Waals surface area (Å²) < 4.78 is 0. The number of nitrogens with zero attached hydrogens (tertiary/aromatic N) is 1. The van der Waals surface area contributed by atoms with Gasteiger partial charge in [0.1, 0.15) is 0 Å². The Morgan fingerprint density at radius 1 is 1.83 bits per heavy atom. The van der Waals surface area contributed by atoms with Crippen LogP contribution in [-0.2, 0) is 0 Å². The van der Waals surface area contributed by atoms with Gasteiger partial charge < -0.3 is 5.73 Å². The third-order valence-electron chi connectivity index (χ3n) is 0.673. The zero-order valence-corrected chi connectivity index (χ0v) is 3.39. The maximum atomic E-state index is 5.25. The number of hydrogen-bond acceptors (Lipinski definition) is 2. The summed E-state index contributed by atoms with van der Waals surface area (Å²) in [6, 6.07) is 0. The molecule has 1 rings (SSSR count). The molecule has 0 aromatic carbocycles. The van der Waals surface area contributed by atoms with Crippen molar-refractivity contribution in [2.24, 2.45) is 10.7 Å². The zero-order valence-electron chi connectivity index (χ0n) is 3.39. The summed E-state index contributed by atoms with van der Waals surface area (Å²) in [5, 5.41) is 0. The average Bonchev–Trinajstić information content (AvgIpc) is 1.86. The van der Waals surface area contributed by atoms with E-state index in [0.29, 0.717) is 0 Å². The molecule has 0 amide bonds. The molecule has 0 fully saturated rings. The van der Waals surface area contributed by atoms with Gasteiger partial charge in [0.2, 0.25) is 0 Å². The summed E-state index contributed by atoms with van der Waals surface area (Å²) in [6.07, 6.45) is 3.54. The molecule has 0 unspecified atom stereocenters. The van der Waals surface area contributed by atoms with Crippen LogP contribution in [0, 0.1) is 0 Å². The van der Waals surface area contributed by atoms with E-state index < -0.39 is 0 Å². The van der Waals surface area contributed by atoms with Crippen molar-refractivity contribution >= 4 is 6.21 Å². The summed E-state index contributed by atoms with van der Waals surface area (Å²) in [4.78, 5) is 3.82. The molecule has 0 radical (unpaired) electrons. The Labute approximate surface area is 36.4 Å². The molecule has 2 heteroatoms. The van der Waals surface area contributed by atoms with Crippen molar-refractivity contribution in [1.29, 1.82) is 0 Å². The van der Waals surface area contributed by atoms with Gasteiger partial charge in [0.25, 0.3) is 0 Å². The van der Waals surface area contributed by atoms with Gasteiger partial charge in [0.15, 0.2) is 0 Å². The largest absolute Gasteiger partial charge is 0.398 e. The van der Waals surface area contributed by atoms with Crippen molar-refractivity contribution < 1.29 is 0 Å². The lowest BCUT2D eigenvalue weighted by atomic mass is 10.5. The molecule has 1 heterocycles. The van der Waals surface area contributed by atoms with Crippen molar-refractivity contribution in [3.63, 3.8) is 0 Å². The first-order valence-electron chi connectivity index (χ1n) is 1.85. The lowest BCUT2D eigenvalue weighted by Crippen LogP contribution is -1.92. The molecule has 0 aliphatic carbocycles. The highest BCUT2D eigenvalue weighted by molar-refractivity contribution is 5.79. The molecule has 0 aromatic rings. The Balaban J connectivity index is 2.68. The Kier molecular flexibility index (Phi) is 0.638. The van der Waals surface area contributed by atoms with E-state index in [4.69, 9.17) is 5.73 Å². The standard InChI is InChI=1S/C4H6N2/c5-4-1-2-6-3-4/h1,3H,2,5H2. The molecule has 1 aliphatic heterocycles. The highest BCUT2D eigenvalue weighted by Gasteiger charge is 1.86. The Morgan fingerprint density at radius 2 is 2.67 bits per heavy atom. The second-order valence-electron chi connectivity index (χ2n) is 1.20. The second-order valence-corrected chi connectivity index (χ2v) is 1.20. The molecule has 0 aromatic heterocycles. The highest BCUT2D eigenvalue weighted by atomic mass is 14.8. The molecule has 0 saturated heterocycles. The molecule has 32 valence electrons. The van der Waals surface area contributed by atoms with E-state index in [1.165, 1.54) is 0 Å². The summed E-state index contributed by atoms with van der Waals surface area (Å²) in [7, 11) is 0. The number of aliphatic imine (C=N–C) groups is 1. The van der Waals surface area contributed by atoms with E-state index in [1.54, 1.807) is 6.21 Å². The van der Waals surface area contributed by atoms with Crippen molar-refractivity contribution in [1.82, 2.24) is 0 Å². The van der Waals surface area contributed by atoms with Gasteiger partial charge in [0, 0.05) is 11.9 Å². The first kappa shape index (κ1) is 3.40. The maximum absolute atomic E-state index is 5.25. The molecule has 0 atom stereocenters. The smallest absolute Gasteiger partial charge is 0.0594 e. The van der Waals surface area contributed by atoms with E-state index >= 15 is 0 Å². The van der Waals surface area contributed by atoms with Gasteiger partial charge in [-0.25, -0.2) is 0 Å². The van der Waals surface area contributed by atoms with Gasteiger partial charge in [0.05, 0.1) is 6.54 Å². The second kappa shape index (κ2) is 1.12. The van der Waals surface area contributed by atoms with E-state index in [-0.39, 0.29) is 0 Å². The van der Waals surface area contributed by atoms with Crippen LogP contribution in [0.1, 0.15) is 0 Å². The first-order valence-corrected chi connectivity index (χ1v) is 1.85. The van der Waals surface area contributed by atoms with Crippen LogP contribution in [0.15, 0.2) is 16.8 Å². The lowest BCUT2D eigenvalue weighted by molar-refractivity contribution is 1.29. The minimum absolute atomic E-state index is 0.770. The number of hydrogen-bond donors (Lipinski definition) is 1. The van der Waals surface area contributed by atoms with E-state index in [1.807, 2.05) is 6.08 Å². The monoisotopic (exact) mass is 82.1 g/mol. The predicted octanol–water partition coefficient (Wildman–Crippen LogP) is -0.0866. The van der Waals surface area contributed by atoms with Crippen molar-refractivity contribution in [2.45, 2.75) is 0 Å². The van der Waals surface area contributed by atoms with Crippen LogP contribution in [0.5, 0.6) is 0 Å². The average molecular weight is 82.1 g/mol. The summed E-state index contributed by atoms with van der Waals surface area (Å²) >= 11 is 0. The zero-order chi connectivity index (χ0) is 4.41. The van der Waals surface area contributed by atoms with Crippen LogP contribution in [0.25, 0.3) is 0 Å². The molecule has 0 spiro atoms. The Morgan fingerprint density at radius 3 is 2.83 bits per heavy atom. The van der Waals surface area contributed by atoms with E-state index in [0.717, 1.165) is 12.2 Å². The van der Waals surface area contributed by atoms with Crippen molar-refractivity contribution in [3.8, 4) is 0 Å². The van der Waals surface area contributed by atoms with E-state index in [9.17, 15) is 0 Å². The highest BCUT2D eigenvalue weighted by Crippen LogP contribution is 1.86. The van der Waals surface area contributed by atoms with Crippen LogP contribution >= 0.6 is 0 Å². The SMILES string of the molecule is NC1=CCN=C1. The van der Waals surface area contributed by atoms with Gasteiger partial charge >= 0.3 is 0 Å². The van der Waals surface area contributed by atoms with Gasteiger partial charge in [-0.3, -0.25) is 4.99 Å². The Bertz CT molecular complexity index is 99.4. The molecule has 0 bridgehead atoms. The minimum Gasteiger partial charge on any atom is -0.398 e. The van der Waals surface area contributed by atoms with E-state index in [2.05, 4.69) is 4.99 Å². The van der Waals surface area contributed by atoms with Crippen LogP contribution < -0.4 is 5.73 Å². The predicted molar refractivity (Wildman–Crippen MR) is 25.6 cm³/mol. The molecule has 6 heavy (non-hydrogen) atoms. The topological polar surface area (TPSA) is 38.4 Å². The van der Waals surface area contributed by atoms with Gasteiger partial charge in [-0.15, -0.1) is 0 Å². The van der Waals surface area contributed by atoms with Crippen LogP contribution in [0.2, 0.25) is 0 Å². The summed E-state index contributed by atoms with van der Waals surface area (Å²) in [5.74, 6) is 0.